The molecule has 0 radical (unpaired) electrons. The van der Waals surface area contributed by atoms with Crippen LogP contribution in [0.5, 0.6) is 0 Å². The van der Waals surface area contributed by atoms with Crippen LogP contribution >= 0.6 is 15.9 Å². The summed E-state index contributed by atoms with van der Waals surface area (Å²) < 4.78 is 14.0. The quantitative estimate of drug-likeness (QED) is 0.871. The molecule has 0 saturated heterocycles. The zero-order valence-electron chi connectivity index (χ0n) is 8.54. The summed E-state index contributed by atoms with van der Waals surface area (Å²) in [5, 5.41) is 2.75. The predicted octanol–water partition coefficient (Wildman–Crippen LogP) is 1.81. The van der Waals surface area contributed by atoms with E-state index in [2.05, 4.69) is 21.2 Å². The van der Waals surface area contributed by atoms with Gasteiger partial charge in [0, 0.05) is 16.6 Å². The molecule has 0 aliphatic heterocycles. The highest BCUT2D eigenvalue weighted by Crippen LogP contribution is 2.20. The first kappa shape index (κ1) is 11.5. The van der Waals surface area contributed by atoms with Crippen molar-refractivity contribution in [2.75, 3.05) is 0 Å². The Hall–Kier alpha value is -0.940. The van der Waals surface area contributed by atoms with Gasteiger partial charge < -0.3 is 11.1 Å². The minimum atomic E-state index is -0.510. The Morgan fingerprint density at radius 3 is 2.81 bits per heavy atom. The Morgan fingerprint density at radius 1 is 1.50 bits per heavy atom. The van der Waals surface area contributed by atoms with Gasteiger partial charge in [0.25, 0.3) is 5.91 Å². The van der Waals surface area contributed by atoms with Gasteiger partial charge in [-0.3, -0.25) is 4.79 Å². The number of carbonyl (C=O) groups is 1. The summed E-state index contributed by atoms with van der Waals surface area (Å²) in [4.78, 5) is 11.7. The fourth-order valence-corrected chi connectivity index (χ4v) is 2.08. The van der Waals surface area contributed by atoms with Crippen LogP contribution in [-0.4, -0.2) is 18.0 Å². The molecule has 0 atom stereocenters. The average molecular weight is 287 g/mol. The van der Waals surface area contributed by atoms with Gasteiger partial charge in [-0.1, -0.05) is 15.9 Å². The maximum atomic E-state index is 13.4. The number of rotatable bonds is 2. The Morgan fingerprint density at radius 2 is 2.19 bits per heavy atom. The average Bonchev–Trinajstić information content (AvgIpc) is 2.19. The van der Waals surface area contributed by atoms with Crippen LogP contribution in [0.3, 0.4) is 0 Å². The standard InChI is InChI=1S/C11H12BrFN2O/c12-6-1-2-10(13)9(3-6)11(16)15-8-4-7(14)5-8/h1-3,7-8H,4-5,14H2,(H,15,16). The molecule has 2 rings (SSSR count). The number of halogens is 2. The van der Waals surface area contributed by atoms with Crippen molar-refractivity contribution in [3.63, 3.8) is 0 Å². The minimum Gasteiger partial charge on any atom is -0.349 e. The van der Waals surface area contributed by atoms with Gasteiger partial charge in [-0.2, -0.15) is 0 Å². The van der Waals surface area contributed by atoms with Crippen molar-refractivity contribution in [3.8, 4) is 0 Å². The van der Waals surface area contributed by atoms with Crippen LogP contribution in [0.25, 0.3) is 0 Å². The van der Waals surface area contributed by atoms with Crippen LogP contribution < -0.4 is 11.1 Å². The van der Waals surface area contributed by atoms with Gasteiger partial charge >= 0.3 is 0 Å². The number of nitrogens with two attached hydrogens (primary N) is 1. The van der Waals surface area contributed by atoms with Gasteiger partial charge in [-0.15, -0.1) is 0 Å². The molecule has 0 bridgehead atoms. The molecule has 0 unspecified atom stereocenters. The van der Waals surface area contributed by atoms with E-state index in [1.165, 1.54) is 12.1 Å². The van der Waals surface area contributed by atoms with Crippen molar-refractivity contribution < 1.29 is 9.18 Å². The van der Waals surface area contributed by atoms with E-state index in [4.69, 9.17) is 5.73 Å². The fraction of sp³-hybridized carbons (Fsp3) is 0.364. The van der Waals surface area contributed by atoms with Gasteiger partial charge in [-0.05, 0) is 31.0 Å². The maximum absolute atomic E-state index is 13.4. The molecular weight excluding hydrogens is 275 g/mol. The minimum absolute atomic E-state index is 0.0647. The molecule has 1 fully saturated rings. The smallest absolute Gasteiger partial charge is 0.254 e. The van der Waals surface area contributed by atoms with Crippen molar-refractivity contribution in [3.05, 3.63) is 34.1 Å². The summed E-state index contributed by atoms with van der Waals surface area (Å²) in [5.41, 5.74) is 5.67. The zero-order valence-corrected chi connectivity index (χ0v) is 10.1. The number of hydrogen-bond acceptors (Lipinski definition) is 2. The number of nitrogens with one attached hydrogen (secondary N) is 1. The molecule has 3 nitrogen and oxygen atoms in total. The van der Waals surface area contributed by atoms with E-state index in [-0.39, 0.29) is 23.6 Å². The van der Waals surface area contributed by atoms with Gasteiger partial charge in [-0.25, -0.2) is 4.39 Å². The molecule has 0 spiro atoms. The van der Waals surface area contributed by atoms with Crippen molar-refractivity contribution in [2.24, 2.45) is 5.73 Å². The molecule has 1 aliphatic rings. The molecule has 86 valence electrons. The second-order valence-electron chi connectivity index (χ2n) is 4.03. The monoisotopic (exact) mass is 286 g/mol. The van der Waals surface area contributed by atoms with Crippen molar-refractivity contribution in [2.45, 2.75) is 24.9 Å². The highest BCUT2D eigenvalue weighted by molar-refractivity contribution is 9.10. The fourth-order valence-electron chi connectivity index (χ4n) is 1.71. The lowest BCUT2D eigenvalue weighted by molar-refractivity contribution is 0.0906. The zero-order chi connectivity index (χ0) is 11.7. The number of carbonyl (C=O) groups excluding carboxylic acids is 1. The molecule has 5 heteroatoms. The summed E-state index contributed by atoms with van der Waals surface area (Å²) in [6.07, 6.45) is 1.53. The molecule has 1 aromatic rings. The second kappa shape index (κ2) is 4.51. The van der Waals surface area contributed by atoms with Gasteiger partial charge in [0.15, 0.2) is 0 Å². The van der Waals surface area contributed by atoms with Crippen molar-refractivity contribution >= 4 is 21.8 Å². The summed E-state index contributed by atoms with van der Waals surface area (Å²) in [6.45, 7) is 0. The normalized spacial score (nSPS) is 23.7. The lowest BCUT2D eigenvalue weighted by Crippen LogP contribution is -2.50. The van der Waals surface area contributed by atoms with Crippen LogP contribution in [0.15, 0.2) is 22.7 Å². The van der Waals surface area contributed by atoms with Gasteiger partial charge in [0.2, 0.25) is 0 Å². The van der Waals surface area contributed by atoms with Gasteiger partial charge in [0.1, 0.15) is 5.82 Å². The van der Waals surface area contributed by atoms with E-state index < -0.39 is 5.82 Å². The second-order valence-corrected chi connectivity index (χ2v) is 4.94. The molecule has 1 aliphatic carbocycles. The Labute approximate surface area is 101 Å². The summed E-state index contributed by atoms with van der Waals surface area (Å²) in [6, 6.07) is 4.55. The van der Waals surface area contributed by atoms with E-state index in [1.807, 2.05) is 0 Å². The highest BCUT2D eigenvalue weighted by atomic mass is 79.9. The Balaban J connectivity index is 2.05. The van der Waals surface area contributed by atoms with Crippen LogP contribution in [0.2, 0.25) is 0 Å². The number of hydrogen-bond donors (Lipinski definition) is 2. The summed E-state index contributed by atoms with van der Waals surface area (Å²) in [7, 11) is 0. The third-order valence-electron chi connectivity index (χ3n) is 2.68. The third kappa shape index (κ3) is 2.41. The van der Waals surface area contributed by atoms with E-state index >= 15 is 0 Å². The Kier molecular flexibility index (Phi) is 3.25. The van der Waals surface area contributed by atoms with Gasteiger partial charge in [0.05, 0.1) is 5.56 Å². The highest BCUT2D eigenvalue weighted by Gasteiger charge is 2.28. The van der Waals surface area contributed by atoms with Crippen molar-refractivity contribution in [1.29, 1.82) is 0 Å². The third-order valence-corrected chi connectivity index (χ3v) is 3.18. The molecule has 3 N–H and O–H groups in total. The lowest BCUT2D eigenvalue weighted by atomic mass is 9.87. The Bertz CT molecular complexity index is 418. The molecule has 0 aromatic heterocycles. The molecule has 1 aromatic carbocycles. The molecule has 1 saturated carbocycles. The molecule has 1 amide bonds. The molecule has 0 heterocycles. The maximum Gasteiger partial charge on any atom is 0.254 e. The molecule has 16 heavy (non-hydrogen) atoms. The van der Waals surface area contributed by atoms with Crippen molar-refractivity contribution in [1.82, 2.24) is 5.32 Å². The first-order valence-electron chi connectivity index (χ1n) is 5.08. The van der Waals surface area contributed by atoms with E-state index in [0.29, 0.717) is 4.47 Å². The van der Waals surface area contributed by atoms with Crippen LogP contribution in [0.1, 0.15) is 23.2 Å². The predicted molar refractivity (Wildman–Crippen MR) is 62.6 cm³/mol. The summed E-state index contributed by atoms with van der Waals surface area (Å²) in [5.74, 6) is -0.889. The van der Waals surface area contributed by atoms with E-state index in [1.54, 1.807) is 6.07 Å². The van der Waals surface area contributed by atoms with Crippen LogP contribution in [0, 0.1) is 5.82 Å². The topological polar surface area (TPSA) is 55.1 Å². The lowest BCUT2D eigenvalue weighted by Gasteiger charge is -2.32. The van der Waals surface area contributed by atoms with Crippen LogP contribution in [-0.2, 0) is 0 Å². The number of amides is 1. The largest absolute Gasteiger partial charge is 0.349 e. The SMILES string of the molecule is NC1CC(NC(=O)c2cc(Br)ccc2F)C1. The van der Waals surface area contributed by atoms with Crippen LogP contribution in [0.4, 0.5) is 4.39 Å². The summed E-state index contributed by atoms with van der Waals surface area (Å²) >= 11 is 3.20. The number of benzene rings is 1. The van der Waals surface area contributed by atoms with E-state index in [9.17, 15) is 9.18 Å². The molecular formula is C11H12BrFN2O. The van der Waals surface area contributed by atoms with E-state index in [0.717, 1.165) is 12.8 Å². The first-order chi connectivity index (χ1) is 7.56. The first-order valence-corrected chi connectivity index (χ1v) is 5.87.